The number of hydrogen-bond donors (Lipinski definition) is 2. The van der Waals surface area contributed by atoms with Crippen molar-refractivity contribution in [2.24, 2.45) is 17.4 Å². The summed E-state index contributed by atoms with van der Waals surface area (Å²) >= 11 is 0. The second kappa shape index (κ2) is 3.33. The van der Waals surface area contributed by atoms with Gasteiger partial charge >= 0.3 is 0 Å². The second-order valence-corrected chi connectivity index (χ2v) is 4.68. The maximum Gasteiger partial charge on any atom is 0.0218 e. The summed E-state index contributed by atoms with van der Waals surface area (Å²) in [5.41, 5.74) is 13.5. The Balaban J connectivity index is 2.20. The summed E-state index contributed by atoms with van der Waals surface area (Å²) in [6, 6.07) is 0. The topological polar surface area (TPSA) is 52.0 Å². The summed E-state index contributed by atoms with van der Waals surface area (Å²) in [5.74, 6) is 0.559. The van der Waals surface area contributed by atoms with Crippen molar-refractivity contribution in [2.75, 3.05) is 0 Å². The Morgan fingerprint density at radius 3 is 2.85 bits per heavy atom. The molecule has 0 bridgehead atoms. The molecule has 0 aromatic carbocycles. The smallest absolute Gasteiger partial charge is 0.0218 e. The molecule has 2 nitrogen and oxygen atoms in total. The van der Waals surface area contributed by atoms with Crippen molar-refractivity contribution in [3.8, 4) is 0 Å². The van der Waals surface area contributed by atoms with E-state index in [0.717, 1.165) is 18.5 Å². The van der Waals surface area contributed by atoms with Crippen LogP contribution in [-0.4, -0.2) is 5.54 Å². The van der Waals surface area contributed by atoms with E-state index in [4.69, 9.17) is 11.5 Å². The first-order valence-corrected chi connectivity index (χ1v) is 5.46. The van der Waals surface area contributed by atoms with Crippen LogP contribution in [0.1, 0.15) is 44.9 Å². The van der Waals surface area contributed by atoms with Crippen LogP contribution in [0.4, 0.5) is 0 Å². The minimum Gasteiger partial charge on any atom is -0.402 e. The van der Waals surface area contributed by atoms with Crippen LogP contribution in [0.3, 0.4) is 0 Å². The van der Waals surface area contributed by atoms with Crippen LogP contribution in [0.25, 0.3) is 0 Å². The van der Waals surface area contributed by atoms with Gasteiger partial charge in [-0.25, -0.2) is 0 Å². The van der Waals surface area contributed by atoms with E-state index in [1.54, 1.807) is 0 Å². The number of nitrogens with two attached hydrogens (primary N) is 2. The first kappa shape index (κ1) is 9.07. The van der Waals surface area contributed by atoms with E-state index in [0.29, 0.717) is 5.92 Å². The van der Waals surface area contributed by atoms with Gasteiger partial charge in [-0.15, -0.1) is 0 Å². The van der Waals surface area contributed by atoms with Crippen LogP contribution < -0.4 is 11.5 Å². The van der Waals surface area contributed by atoms with Crippen molar-refractivity contribution >= 4 is 0 Å². The molecule has 1 saturated carbocycles. The van der Waals surface area contributed by atoms with E-state index < -0.39 is 0 Å². The Morgan fingerprint density at radius 2 is 2.00 bits per heavy atom. The molecule has 2 aliphatic rings. The van der Waals surface area contributed by atoms with Crippen molar-refractivity contribution in [1.29, 1.82) is 0 Å². The zero-order valence-electron chi connectivity index (χ0n) is 8.26. The minimum absolute atomic E-state index is 0.0827. The number of rotatable bonds is 0. The molecule has 0 radical (unpaired) electrons. The molecule has 0 aromatic heterocycles. The molecule has 1 fully saturated rings. The van der Waals surface area contributed by atoms with Crippen molar-refractivity contribution in [1.82, 2.24) is 0 Å². The van der Waals surface area contributed by atoms with Gasteiger partial charge in [-0.3, -0.25) is 0 Å². The zero-order chi connectivity index (χ0) is 9.31. The monoisotopic (exact) mass is 180 g/mol. The summed E-state index contributed by atoms with van der Waals surface area (Å²) in [5, 5.41) is 0. The molecule has 2 heteroatoms. The van der Waals surface area contributed by atoms with E-state index in [2.05, 4.69) is 6.08 Å². The average Bonchev–Trinajstić information content (AvgIpc) is 2.23. The molecule has 2 rings (SSSR count). The average molecular weight is 180 g/mol. The normalized spacial score (nSPS) is 40.4. The quantitative estimate of drug-likeness (QED) is 0.598. The molecule has 2 aliphatic carbocycles. The van der Waals surface area contributed by atoms with E-state index in [1.165, 1.54) is 32.1 Å². The molecule has 0 spiro atoms. The largest absolute Gasteiger partial charge is 0.402 e. The number of allylic oxidation sites excluding steroid dienone is 1. The maximum atomic E-state index is 6.43. The molecule has 0 saturated heterocycles. The van der Waals surface area contributed by atoms with Gasteiger partial charge in [0.1, 0.15) is 0 Å². The van der Waals surface area contributed by atoms with Gasteiger partial charge in [0.15, 0.2) is 0 Å². The van der Waals surface area contributed by atoms with E-state index >= 15 is 0 Å². The third-order valence-electron chi connectivity index (χ3n) is 3.67. The summed E-state index contributed by atoms with van der Waals surface area (Å²) < 4.78 is 0. The molecule has 2 unspecified atom stereocenters. The highest BCUT2D eigenvalue weighted by molar-refractivity contribution is 5.11. The van der Waals surface area contributed by atoms with Crippen LogP contribution >= 0.6 is 0 Å². The SMILES string of the molecule is NC1=CC2CCCCC2(N)CCC1. The standard InChI is InChI=1S/C11H20N2/c12-10-5-3-7-11(13)6-2-1-4-9(11)8-10/h8-9H,1-7,12-13H2. The van der Waals surface area contributed by atoms with E-state index in [9.17, 15) is 0 Å². The summed E-state index contributed by atoms with van der Waals surface area (Å²) in [4.78, 5) is 0. The number of fused-ring (bicyclic) bond motifs is 1. The van der Waals surface area contributed by atoms with Crippen molar-refractivity contribution in [2.45, 2.75) is 50.5 Å². The minimum atomic E-state index is 0.0827. The molecular formula is C11H20N2. The molecule has 0 heterocycles. The van der Waals surface area contributed by atoms with Crippen molar-refractivity contribution < 1.29 is 0 Å². The fourth-order valence-corrected chi connectivity index (χ4v) is 2.81. The van der Waals surface area contributed by atoms with Crippen molar-refractivity contribution in [3.63, 3.8) is 0 Å². The Kier molecular flexibility index (Phi) is 2.33. The highest BCUT2D eigenvalue weighted by atomic mass is 14.8. The fraction of sp³-hybridized carbons (Fsp3) is 0.818. The van der Waals surface area contributed by atoms with Gasteiger partial charge in [-0.1, -0.05) is 18.9 Å². The van der Waals surface area contributed by atoms with Crippen LogP contribution in [0.2, 0.25) is 0 Å². The highest BCUT2D eigenvalue weighted by Crippen LogP contribution is 2.38. The second-order valence-electron chi connectivity index (χ2n) is 4.68. The van der Waals surface area contributed by atoms with Gasteiger partial charge in [-0.2, -0.15) is 0 Å². The summed E-state index contributed by atoms with van der Waals surface area (Å²) in [6.45, 7) is 0. The Bertz CT molecular complexity index is 222. The van der Waals surface area contributed by atoms with Gasteiger partial charge in [0, 0.05) is 11.2 Å². The summed E-state index contributed by atoms with van der Waals surface area (Å²) in [7, 11) is 0. The zero-order valence-corrected chi connectivity index (χ0v) is 8.26. The van der Waals surface area contributed by atoms with Gasteiger partial charge in [0.25, 0.3) is 0 Å². The van der Waals surface area contributed by atoms with E-state index in [-0.39, 0.29) is 5.54 Å². The molecule has 0 amide bonds. The lowest BCUT2D eigenvalue weighted by molar-refractivity contribution is 0.216. The third kappa shape index (κ3) is 1.73. The molecular weight excluding hydrogens is 160 g/mol. The lowest BCUT2D eigenvalue weighted by Crippen LogP contribution is -2.48. The van der Waals surface area contributed by atoms with Crippen LogP contribution in [0.5, 0.6) is 0 Å². The Morgan fingerprint density at radius 1 is 1.23 bits per heavy atom. The number of hydrogen-bond acceptors (Lipinski definition) is 2. The van der Waals surface area contributed by atoms with Gasteiger partial charge in [-0.05, 0) is 38.0 Å². The molecule has 74 valence electrons. The summed E-state index contributed by atoms with van der Waals surface area (Å²) in [6.07, 6.45) is 10.7. The van der Waals surface area contributed by atoms with Gasteiger partial charge in [0.2, 0.25) is 0 Å². The van der Waals surface area contributed by atoms with E-state index in [1.807, 2.05) is 0 Å². The lowest BCUT2D eigenvalue weighted by atomic mass is 9.72. The Hall–Kier alpha value is -0.500. The molecule has 4 N–H and O–H groups in total. The van der Waals surface area contributed by atoms with Crippen LogP contribution in [-0.2, 0) is 0 Å². The van der Waals surface area contributed by atoms with Gasteiger partial charge in [0.05, 0.1) is 0 Å². The van der Waals surface area contributed by atoms with Crippen LogP contribution in [0, 0.1) is 5.92 Å². The lowest BCUT2D eigenvalue weighted by Gasteiger charge is -2.39. The van der Waals surface area contributed by atoms with Gasteiger partial charge < -0.3 is 11.5 Å². The molecule has 0 aliphatic heterocycles. The third-order valence-corrected chi connectivity index (χ3v) is 3.67. The van der Waals surface area contributed by atoms with Crippen molar-refractivity contribution in [3.05, 3.63) is 11.8 Å². The molecule has 0 aromatic rings. The predicted molar refractivity (Wildman–Crippen MR) is 55.0 cm³/mol. The Labute approximate surface area is 80.4 Å². The highest BCUT2D eigenvalue weighted by Gasteiger charge is 2.36. The fourth-order valence-electron chi connectivity index (χ4n) is 2.81. The first-order chi connectivity index (χ1) is 6.21. The van der Waals surface area contributed by atoms with Crippen LogP contribution in [0.15, 0.2) is 11.8 Å². The molecule has 2 atom stereocenters. The maximum absolute atomic E-state index is 6.43. The predicted octanol–water partition coefficient (Wildman–Crippen LogP) is 1.90. The molecule has 13 heavy (non-hydrogen) atoms. The first-order valence-electron chi connectivity index (χ1n) is 5.46.